The van der Waals surface area contributed by atoms with E-state index >= 15 is 0 Å². The highest BCUT2D eigenvalue weighted by molar-refractivity contribution is 6.29. The van der Waals surface area contributed by atoms with E-state index in [4.69, 9.17) is 36.8 Å². The van der Waals surface area contributed by atoms with Gasteiger partial charge in [-0.15, -0.1) is 5.10 Å². The number of benzene rings is 1. The third-order valence-electron chi connectivity index (χ3n) is 6.36. The fraction of sp³-hybridized carbons (Fsp3) is 0.200. The van der Waals surface area contributed by atoms with E-state index in [1.54, 1.807) is 44.8 Å². The Kier molecular flexibility index (Phi) is 6.60. The van der Waals surface area contributed by atoms with Crippen molar-refractivity contribution in [2.24, 2.45) is 23.7 Å². The molecule has 40 heavy (non-hydrogen) atoms. The van der Waals surface area contributed by atoms with Crippen LogP contribution in [-0.2, 0) is 12.5 Å². The molecule has 5 rings (SSSR count). The van der Waals surface area contributed by atoms with Crippen molar-refractivity contribution in [3.8, 4) is 11.3 Å². The number of hydrogen-bond acceptors (Lipinski definition) is 10. The standard InChI is InChI=1S/C25H26BClN12O/c1-12-7-14-20(39-11-33-18(22(39)37(3)23(14)40)13-9-31-24(29)32-10-13)15(8-12)25(2,26)35-16-5-6-17(27)34-19(16)21(28)36-38(4)30/h5-11,35H,30H2,1-4H3,(H2,28,36)(H2,29,31,32). The lowest BCUT2D eigenvalue weighted by Crippen LogP contribution is -2.35. The molecule has 4 aromatic heterocycles. The van der Waals surface area contributed by atoms with Crippen molar-refractivity contribution < 1.29 is 0 Å². The number of nitrogens with two attached hydrogens (primary N) is 3. The van der Waals surface area contributed by atoms with Gasteiger partial charge in [0.05, 0.1) is 16.6 Å². The lowest BCUT2D eigenvalue weighted by atomic mass is 9.72. The maximum absolute atomic E-state index is 13.7. The number of fused-ring (bicyclic) bond motifs is 3. The van der Waals surface area contributed by atoms with Crippen molar-refractivity contribution in [3.05, 3.63) is 75.3 Å². The first-order chi connectivity index (χ1) is 18.9. The number of halogens is 1. The zero-order valence-corrected chi connectivity index (χ0v) is 23.0. The topological polar surface area (TPSA) is 184 Å². The quantitative estimate of drug-likeness (QED) is 0.0596. The predicted octanol–water partition coefficient (Wildman–Crippen LogP) is 1.46. The fourth-order valence-corrected chi connectivity index (χ4v) is 4.81. The van der Waals surface area contributed by atoms with Gasteiger partial charge in [0.15, 0.2) is 5.84 Å². The number of nitrogens with zero attached hydrogens (tertiary/aromatic N) is 8. The number of hydrazone groups is 1. The molecule has 0 fully saturated rings. The molecule has 0 saturated carbocycles. The van der Waals surface area contributed by atoms with Gasteiger partial charge in [0.2, 0.25) is 5.95 Å². The summed E-state index contributed by atoms with van der Waals surface area (Å²) in [6, 6.07) is 7.02. The van der Waals surface area contributed by atoms with Gasteiger partial charge in [-0.3, -0.25) is 13.8 Å². The molecule has 5 aromatic rings. The summed E-state index contributed by atoms with van der Waals surface area (Å²) in [5.41, 5.74) is 14.7. The number of amidine groups is 1. The van der Waals surface area contributed by atoms with Gasteiger partial charge in [-0.05, 0) is 43.2 Å². The van der Waals surface area contributed by atoms with Crippen molar-refractivity contribution in [1.82, 2.24) is 34.0 Å². The zero-order chi connectivity index (χ0) is 28.9. The molecule has 0 spiro atoms. The van der Waals surface area contributed by atoms with Gasteiger partial charge >= 0.3 is 0 Å². The summed E-state index contributed by atoms with van der Waals surface area (Å²) < 4.78 is 3.36. The largest absolute Gasteiger partial charge is 0.382 e. The first-order valence-electron chi connectivity index (χ1n) is 12.0. The molecule has 0 saturated heterocycles. The highest BCUT2D eigenvalue weighted by atomic mass is 35.5. The van der Waals surface area contributed by atoms with Crippen LogP contribution in [0, 0.1) is 6.92 Å². The van der Waals surface area contributed by atoms with E-state index in [0.29, 0.717) is 39.1 Å². The number of nitrogen functional groups attached to an aromatic ring is 1. The maximum atomic E-state index is 13.7. The van der Waals surface area contributed by atoms with E-state index in [0.717, 1.165) is 10.7 Å². The van der Waals surface area contributed by atoms with Crippen molar-refractivity contribution in [3.63, 3.8) is 0 Å². The van der Waals surface area contributed by atoms with Gasteiger partial charge < -0.3 is 16.8 Å². The highest BCUT2D eigenvalue weighted by Crippen LogP contribution is 2.33. The van der Waals surface area contributed by atoms with Gasteiger partial charge in [-0.1, -0.05) is 17.7 Å². The Morgan fingerprint density at radius 2 is 1.93 bits per heavy atom. The number of aryl methyl sites for hydroxylation is 2. The van der Waals surface area contributed by atoms with Gasteiger partial charge in [-0.25, -0.2) is 30.9 Å². The number of rotatable bonds is 6. The average molecular weight is 557 g/mol. The summed E-state index contributed by atoms with van der Waals surface area (Å²) in [6.07, 6.45) is 4.75. The Labute approximate surface area is 235 Å². The van der Waals surface area contributed by atoms with E-state index in [2.05, 4.69) is 30.4 Å². The molecule has 2 radical (unpaired) electrons. The van der Waals surface area contributed by atoms with Crippen molar-refractivity contribution in [2.45, 2.75) is 19.3 Å². The van der Waals surface area contributed by atoms with Crippen LogP contribution in [0.4, 0.5) is 11.6 Å². The van der Waals surface area contributed by atoms with E-state index in [9.17, 15) is 4.79 Å². The maximum Gasteiger partial charge on any atom is 0.261 e. The molecular weight excluding hydrogens is 531 g/mol. The van der Waals surface area contributed by atoms with Crippen LogP contribution in [0.15, 0.2) is 52.9 Å². The molecule has 1 unspecified atom stereocenters. The van der Waals surface area contributed by atoms with E-state index < -0.39 is 5.44 Å². The minimum absolute atomic E-state index is 0.0288. The van der Waals surface area contributed by atoms with Gasteiger partial charge in [0.25, 0.3) is 5.56 Å². The lowest BCUT2D eigenvalue weighted by molar-refractivity contribution is 0.371. The number of hydrazine groups is 1. The van der Waals surface area contributed by atoms with E-state index in [1.165, 1.54) is 11.6 Å². The molecule has 4 heterocycles. The minimum atomic E-state index is -1.25. The summed E-state index contributed by atoms with van der Waals surface area (Å²) in [5, 5.41) is 9.08. The Bertz CT molecular complexity index is 1860. The van der Waals surface area contributed by atoms with Gasteiger partial charge in [-0.2, -0.15) is 0 Å². The normalized spacial score (nSPS) is 13.5. The highest BCUT2D eigenvalue weighted by Gasteiger charge is 2.28. The van der Waals surface area contributed by atoms with Gasteiger partial charge in [0, 0.05) is 37.5 Å². The molecule has 1 atom stereocenters. The number of imidazole rings is 1. The van der Waals surface area contributed by atoms with Crippen LogP contribution >= 0.6 is 11.6 Å². The minimum Gasteiger partial charge on any atom is -0.382 e. The van der Waals surface area contributed by atoms with Crippen molar-refractivity contribution in [2.75, 3.05) is 18.1 Å². The van der Waals surface area contributed by atoms with Crippen LogP contribution < -0.4 is 28.2 Å². The monoisotopic (exact) mass is 556 g/mol. The van der Waals surface area contributed by atoms with Crippen LogP contribution in [-0.4, -0.2) is 54.8 Å². The number of aromatic nitrogens is 6. The molecule has 15 heteroatoms. The molecule has 1 aromatic carbocycles. The smallest absolute Gasteiger partial charge is 0.261 e. The molecular formula is C25H26BClN12O. The summed E-state index contributed by atoms with van der Waals surface area (Å²) in [5.74, 6) is 5.81. The predicted molar refractivity (Wildman–Crippen MR) is 157 cm³/mol. The fourth-order valence-electron chi connectivity index (χ4n) is 4.66. The van der Waals surface area contributed by atoms with Crippen LogP contribution in [0.3, 0.4) is 0 Å². The first kappa shape index (κ1) is 26.9. The van der Waals surface area contributed by atoms with E-state index in [-0.39, 0.29) is 28.2 Å². The molecule has 0 aliphatic carbocycles. The number of anilines is 2. The molecule has 13 nitrogen and oxygen atoms in total. The second-order valence-electron chi connectivity index (χ2n) is 9.61. The van der Waals surface area contributed by atoms with Crippen LogP contribution in [0.2, 0.25) is 5.15 Å². The number of pyridine rings is 1. The lowest BCUT2D eigenvalue weighted by Gasteiger charge is -2.31. The number of hydrogen-bond donors (Lipinski definition) is 4. The summed E-state index contributed by atoms with van der Waals surface area (Å²) in [4.78, 5) is 30.8. The van der Waals surface area contributed by atoms with Crippen LogP contribution in [0.1, 0.15) is 23.7 Å². The summed E-state index contributed by atoms with van der Waals surface area (Å²) in [6.45, 7) is 3.67. The molecule has 0 bridgehead atoms. The average Bonchev–Trinajstić information content (AvgIpc) is 3.33. The second kappa shape index (κ2) is 9.81. The Hall–Kier alpha value is -4.69. The zero-order valence-electron chi connectivity index (χ0n) is 22.2. The Morgan fingerprint density at radius 3 is 2.60 bits per heavy atom. The Balaban J connectivity index is 1.75. The third kappa shape index (κ3) is 4.67. The molecule has 0 amide bonds. The first-order valence-corrected chi connectivity index (χ1v) is 12.4. The second-order valence-corrected chi connectivity index (χ2v) is 9.99. The van der Waals surface area contributed by atoms with Crippen LogP contribution in [0.25, 0.3) is 27.8 Å². The number of nitrogens with one attached hydrogen (secondary N) is 1. The van der Waals surface area contributed by atoms with Gasteiger partial charge in [0.1, 0.15) is 36.4 Å². The molecule has 202 valence electrons. The molecule has 0 aliphatic heterocycles. The summed E-state index contributed by atoms with van der Waals surface area (Å²) >= 11 is 6.15. The molecule has 0 aliphatic rings. The Morgan fingerprint density at radius 1 is 1.23 bits per heavy atom. The molecule has 7 N–H and O–H groups in total. The van der Waals surface area contributed by atoms with E-state index in [1.807, 2.05) is 23.5 Å². The van der Waals surface area contributed by atoms with Crippen molar-refractivity contribution in [1.29, 1.82) is 0 Å². The van der Waals surface area contributed by atoms with Crippen LogP contribution in [0.5, 0.6) is 0 Å². The summed E-state index contributed by atoms with van der Waals surface area (Å²) in [7, 11) is 10.2. The third-order valence-corrected chi connectivity index (χ3v) is 6.57. The van der Waals surface area contributed by atoms with Crippen molar-refractivity contribution >= 4 is 53.5 Å². The SMILES string of the molecule is [B]C(C)(Nc1ccc(Cl)nc1/C(N)=N/N(C)N)c1cc(C)cc2c(=O)n(C)c3c(-c4cnc(N)nc4)ncn3c12.